The molecule has 6 heteroatoms. The van der Waals surface area contributed by atoms with Crippen LogP contribution in [0.1, 0.15) is 31.0 Å². The number of hydrogen-bond acceptors (Lipinski definition) is 4. The van der Waals surface area contributed by atoms with Gasteiger partial charge < -0.3 is 10.2 Å². The molecule has 5 nitrogen and oxygen atoms in total. The molecule has 2 unspecified atom stereocenters. The van der Waals surface area contributed by atoms with Gasteiger partial charge in [0.05, 0.1) is 11.2 Å². The Hall–Kier alpha value is -2.34. The second-order valence-corrected chi connectivity index (χ2v) is 8.54. The molecule has 2 heterocycles. The summed E-state index contributed by atoms with van der Waals surface area (Å²) in [7, 11) is 0. The number of aromatic nitrogens is 1. The Bertz CT molecular complexity index is 812. The van der Waals surface area contributed by atoms with E-state index in [0.29, 0.717) is 12.4 Å². The minimum Gasteiger partial charge on any atom is -0.341 e. The van der Waals surface area contributed by atoms with E-state index in [1.54, 1.807) is 17.8 Å². The van der Waals surface area contributed by atoms with Gasteiger partial charge in [0.2, 0.25) is 11.8 Å². The van der Waals surface area contributed by atoms with Crippen LogP contribution < -0.4 is 5.32 Å². The molecule has 1 saturated heterocycles. The molecule has 1 aromatic heterocycles. The van der Waals surface area contributed by atoms with Gasteiger partial charge in [-0.1, -0.05) is 36.4 Å². The van der Waals surface area contributed by atoms with Crippen molar-refractivity contribution in [3.63, 3.8) is 0 Å². The number of aryl methyl sites for hydroxylation is 1. The average molecular weight is 398 g/mol. The molecule has 1 fully saturated rings. The maximum absolute atomic E-state index is 12.9. The van der Waals surface area contributed by atoms with Gasteiger partial charge in [-0.3, -0.25) is 9.59 Å². The summed E-state index contributed by atoms with van der Waals surface area (Å²) in [4.78, 5) is 31.7. The number of thioether (sulfide) groups is 1. The van der Waals surface area contributed by atoms with Gasteiger partial charge in [-0.25, -0.2) is 4.98 Å². The van der Waals surface area contributed by atoms with Gasteiger partial charge >= 0.3 is 0 Å². The van der Waals surface area contributed by atoms with E-state index in [9.17, 15) is 9.59 Å². The van der Waals surface area contributed by atoms with E-state index in [1.165, 1.54) is 5.56 Å². The zero-order valence-corrected chi connectivity index (χ0v) is 17.2. The molecule has 1 aliphatic rings. The van der Waals surface area contributed by atoms with Gasteiger partial charge in [0.15, 0.2) is 0 Å². The molecule has 0 spiro atoms. The Morgan fingerprint density at radius 3 is 2.75 bits per heavy atom. The highest BCUT2D eigenvalue weighted by Crippen LogP contribution is 2.23. The largest absolute Gasteiger partial charge is 0.341 e. The molecule has 2 atom stereocenters. The van der Waals surface area contributed by atoms with Crippen LogP contribution in [-0.2, 0) is 15.3 Å². The molecule has 1 aliphatic heterocycles. The molecular formula is C22H27N3O2S. The number of carbonyl (C=O) groups excluding carboxylic acids is 2. The van der Waals surface area contributed by atoms with Gasteiger partial charge in [0, 0.05) is 24.5 Å². The quantitative estimate of drug-likeness (QED) is 0.803. The molecule has 2 aromatic rings. The summed E-state index contributed by atoms with van der Waals surface area (Å²) >= 11 is 1.64. The van der Waals surface area contributed by atoms with Crippen molar-refractivity contribution in [2.45, 2.75) is 37.7 Å². The van der Waals surface area contributed by atoms with Gasteiger partial charge in [0.1, 0.15) is 5.82 Å². The topological polar surface area (TPSA) is 62.3 Å². The van der Waals surface area contributed by atoms with Crippen molar-refractivity contribution in [1.29, 1.82) is 0 Å². The molecule has 148 valence electrons. The number of nitrogens with one attached hydrogen (secondary N) is 1. The number of piperidine rings is 1. The van der Waals surface area contributed by atoms with Crippen molar-refractivity contribution >= 4 is 29.4 Å². The fourth-order valence-corrected chi connectivity index (χ4v) is 4.28. The summed E-state index contributed by atoms with van der Waals surface area (Å²) in [6.07, 6.45) is 1.65. The molecule has 2 amide bonds. The Balaban J connectivity index is 1.53. The monoisotopic (exact) mass is 397 g/mol. The van der Waals surface area contributed by atoms with Crippen molar-refractivity contribution in [3.8, 4) is 0 Å². The van der Waals surface area contributed by atoms with Crippen LogP contribution in [0.2, 0.25) is 0 Å². The van der Waals surface area contributed by atoms with Crippen LogP contribution in [0.3, 0.4) is 0 Å². The number of nitrogens with zero attached hydrogens (tertiary/aromatic N) is 2. The first-order valence-corrected chi connectivity index (χ1v) is 10.8. The van der Waals surface area contributed by atoms with Crippen LogP contribution in [-0.4, -0.2) is 40.0 Å². The third-order valence-corrected chi connectivity index (χ3v) is 6.14. The van der Waals surface area contributed by atoms with Gasteiger partial charge in [-0.2, -0.15) is 0 Å². The Morgan fingerprint density at radius 2 is 2.00 bits per heavy atom. The molecule has 0 saturated carbocycles. The molecule has 0 radical (unpaired) electrons. The van der Waals surface area contributed by atoms with Gasteiger partial charge in [-0.05, 0) is 44.4 Å². The summed E-state index contributed by atoms with van der Waals surface area (Å²) in [5.41, 5.74) is 2.08. The van der Waals surface area contributed by atoms with Gasteiger partial charge in [-0.15, -0.1) is 11.8 Å². The van der Waals surface area contributed by atoms with Crippen LogP contribution in [0, 0.1) is 12.8 Å². The summed E-state index contributed by atoms with van der Waals surface area (Å²) in [6.45, 7) is 5.05. The average Bonchev–Trinajstić information content (AvgIpc) is 2.72. The van der Waals surface area contributed by atoms with Crippen molar-refractivity contribution in [1.82, 2.24) is 9.88 Å². The lowest BCUT2D eigenvalue weighted by Crippen LogP contribution is -2.46. The van der Waals surface area contributed by atoms with E-state index in [4.69, 9.17) is 0 Å². The number of pyridine rings is 1. The van der Waals surface area contributed by atoms with E-state index in [2.05, 4.69) is 22.4 Å². The minimum absolute atomic E-state index is 0.0554. The maximum atomic E-state index is 12.9. The predicted octanol–water partition coefficient (Wildman–Crippen LogP) is 3.89. The molecule has 1 aromatic carbocycles. The van der Waals surface area contributed by atoms with Crippen LogP contribution in [0.25, 0.3) is 0 Å². The van der Waals surface area contributed by atoms with Crippen LogP contribution in [0.5, 0.6) is 0 Å². The Kier molecular flexibility index (Phi) is 7.09. The van der Waals surface area contributed by atoms with Crippen LogP contribution >= 0.6 is 11.8 Å². The van der Waals surface area contributed by atoms with Crippen molar-refractivity contribution < 1.29 is 9.59 Å². The second kappa shape index (κ2) is 9.73. The summed E-state index contributed by atoms with van der Waals surface area (Å²) < 4.78 is 0. The normalized spacial score (nSPS) is 17.8. The second-order valence-electron chi connectivity index (χ2n) is 7.22. The predicted molar refractivity (Wildman–Crippen MR) is 114 cm³/mol. The third kappa shape index (κ3) is 5.58. The first-order chi connectivity index (χ1) is 13.5. The zero-order chi connectivity index (χ0) is 19.9. The number of hydrogen-bond donors (Lipinski definition) is 1. The first-order valence-electron chi connectivity index (χ1n) is 9.72. The standard InChI is InChI=1S/C22H27N3O2S/c1-16-8-6-12-20(23-16)24-21(26)19-11-7-13-25(14-19)22(27)17(2)28-15-18-9-4-3-5-10-18/h3-6,8-10,12,17,19H,7,11,13-15H2,1-2H3,(H,23,24,26). The Morgan fingerprint density at radius 1 is 1.21 bits per heavy atom. The van der Waals surface area contributed by atoms with E-state index < -0.39 is 0 Å². The number of carbonyl (C=O) groups is 2. The van der Waals surface area contributed by atoms with E-state index in [0.717, 1.165) is 30.8 Å². The van der Waals surface area contributed by atoms with Gasteiger partial charge in [0.25, 0.3) is 0 Å². The zero-order valence-electron chi connectivity index (χ0n) is 16.4. The lowest BCUT2D eigenvalue weighted by atomic mass is 9.97. The maximum Gasteiger partial charge on any atom is 0.235 e. The highest BCUT2D eigenvalue weighted by molar-refractivity contribution is 7.99. The van der Waals surface area contributed by atoms with Crippen molar-refractivity contribution in [3.05, 3.63) is 59.8 Å². The molecule has 1 N–H and O–H groups in total. The summed E-state index contributed by atoms with van der Waals surface area (Å²) in [5, 5.41) is 2.77. The first kappa shape index (κ1) is 20.4. The van der Waals surface area contributed by atoms with E-state index in [1.807, 2.05) is 49.1 Å². The van der Waals surface area contributed by atoms with Crippen molar-refractivity contribution in [2.24, 2.45) is 5.92 Å². The fraction of sp³-hybridized carbons (Fsp3) is 0.409. The molecular weight excluding hydrogens is 370 g/mol. The number of likely N-dealkylation sites (tertiary alicyclic amines) is 1. The number of anilines is 1. The van der Waals surface area contributed by atoms with Crippen LogP contribution in [0.15, 0.2) is 48.5 Å². The number of rotatable bonds is 6. The lowest BCUT2D eigenvalue weighted by molar-refractivity contribution is -0.133. The highest BCUT2D eigenvalue weighted by Gasteiger charge is 2.30. The number of amides is 2. The third-order valence-electron chi connectivity index (χ3n) is 4.93. The molecule has 3 rings (SSSR count). The molecule has 28 heavy (non-hydrogen) atoms. The number of benzene rings is 1. The minimum atomic E-state index is -0.189. The SMILES string of the molecule is Cc1cccc(NC(=O)C2CCCN(C(=O)C(C)SCc3ccccc3)C2)n1. The summed E-state index contributed by atoms with van der Waals surface area (Å²) in [5.74, 6) is 1.25. The smallest absolute Gasteiger partial charge is 0.235 e. The molecule has 0 bridgehead atoms. The van der Waals surface area contributed by atoms with Crippen LogP contribution in [0.4, 0.5) is 5.82 Å². The molecule has 0 aliphatic carbocycles. The highest BCUT2D eigenvalue weighted by atomic mass is 32.2. The van der Waals surface area contributed by atoms with Crippen molar-refractivity contribution in [2.75, 3.05) is 18.4 Å². The van der Waals surface area contributed by atoms with E-state index in [-0.39, 0.29) is 23.0 Å². The summed E-state index contributed by atoms with van der Waals surface area (Å²) in [6, 6.07) is 15.7. The Labute approximate surface area is 170 Å². The fourth-order valence-electron chi connectivity index (χ4n) is 3.36. The van der Waals surface area contributed by atoms with E-state index >= 15 is 0 Å². The lowest BCUT2D eigenvalue weighted by Gasteiger charge is -2.33.